The summed E-state index contributed by atoms with van der Waals surface area (Å²) in [7, 11) is -3.29. The lowest BCUT2D eigenvalue weighted by molar-refractivity contribution is -0.0383. The predicted molar refractivity (Wildman–Crippen MR) is 92.1 cm³/mol. The Morgan fingerprint density at radius 3 is 2.71 bits per heavy atom. The van der Waals surface area contributed by atoms with Crippen molar-refractivity contribution in [3.63, 3.8) is 0 Å². The third-order valence-electron chi connectivity index (χ3n) is 5.52. The summed E-state index contributed by atoms with van der Waals surface area (Å²) in [6.45, 7) is 6.56. The maximum atomic E-state index is 12.1. The number of sulfonamides is 1. The molecule has 24 heavy (non-hydrogen) atoms. The number of rotatable bonds is 4. The third kappa shape index (κ3) is 3.12. The highest BCUT2D eigenvalue weighted by Gasteiger charge is 2.52. The molecule has 7 nitrogen and oxygen atoms in total. The first kappa shape index (κ1) is 17.8. The van der Waals surface area contributed by atoms with Crippen molar-refractivity contribution in [3.8, 4) is 0 Å². The molecule has 0 bridgehead atoms. The summed E-state index contributed by atoms with van der Waals surface area (Å²) in [6.07, 6.45) is 3.70. The minimum atomic E-state index is -3.29. The second-order valence-corrected chi connectivity index (χ2v) is 9.06. The highest BCUT2D eigenvalue weighted by atomic mass is 32.2. The number of imidazole rings is 1. The molecule has 0 saturated carbocycles. The van der Waals surface area contributed by atoms with Crippen LogP contribution in [0.5, 0.6) is 0 Å². The van der Waals surface area contributed by atoms with Gasteiger partial charge in [0.15, 0.2) is 0 Å². The second kappa shape index (κ2) is 6.40. The highest BCUT2D eigenvalue weighted by Crippen LogP contribution is 2.40. The van der Waals surface area contributed by atoms with Crippen LogP contribution in [0.3, 0.4) is 0 Å². The van der Waals surface area contributed by atoms with E-state index in [0.717, 1.165) is 43.0 Å². The Hall–Kier alpha value is -0.960. The number of aliphatic hydroxyl groups is 1. The summed E-state index contributed by atoms with van der Waals surface area (Å²) >= 11 is 0. The largest absolute Gasteiger partial charge is 0.390 e. The van der Waals surface area contributed by atoms with Gasteiger partial charge in [-0.15, -0.1) is 0 Å². The number of piperidine rings is 1. The van der Waals surface area contributed by atoms with Crippen molar-refractivity contribution in [1.82, 2.24) is 19.2 Å². The zero-order valence-electron chi connectivity index (χ0n) is 14.7. The minimum Gasteiger partial charge on any atom is -0.390 e. The second-order valence-electron chi connectivity index (χ2n) is 7.15. The Kier molecular flexibility index (Phi) is 4.76. The van der Waals surface area contributed by atoms with E-state index in [2.05, 4.69) is 21.8 Å². The van der Waals surface area contributed by atoms with Gasteiger partial charge in [0.25, 0.3) is 0 Å². The van der Waals surface area contributed by atoms with Crippen LogP contribution in [0.2, 0.25) is 0 Å². The number of nitrogens with one attached hydrogen (secondary N) is 1. The van der Waals surface area contributed by atoms with E-state index in [0.29, 0.717) is 26.1 Å². The minimum absolute atomic E-state index is 0.486. The standard InChI is InChI=1S/C16H28N4O3S/c1-4-15-17-12(2)13(18-15)10-19-9-7-16(14(21)11-19)6-5-8-20(16)24(3,22)23/h14,21H,4-11H2,1-3H3,(H,17,18)/t14-,16-/m0/s1. The van der Waals surface area contributed by atoms with Crippen LogP contribution in [0, 0.1) is 6.92 Å². The lowest BCUT2D eigenvalue weighted by Gasteiger charge is -2.47. The first-order valence-electron chi connectivity index (χ1n) is 8.69. The summed E-state index contributed by atoms with van der Waals surface area (Å²) in [5, 5.41) is 10.8. The van der Waals surface area contributed by atoms with E-state index in [1.165, 1.54) is 10.6 Å². The molecule has 2 N–H and O–H groups in total. The summed E-state index contributed by atoms with van der Waals surface area (Å²) in [5.41, 5.74) is 1.47. The molecule has 1 spiro atoms. The molecule has 0 unspecified atom stereocenters. The number of aromatic nitrogens is 2. The van der Waals surface area contributed by atoms with Crippen LogP contribution in [0.1, 0.15) is 43.4 Å². The average Bonchev–Trinajstić information content (AvgIpc) is 3.08. The molecule has 136 valence electrons. The Bertz CT molecular complexity index is 702. The van der Waals surface area contributed by atoms with Crippen molar-refractivity contribution in [1.29, 1.82) is 0 Å². The molecule has 2 fully saturated rings. The molecule has 8 heteroatoms. The van der Waals surface area contributed by atoms with E-state index in [1.807, 2.05) is 6.92 Å². The van der Waals surface area contributed by atoms with Crippen LogP contribution in [0.4, 0.5) is 0 Å². The molecule has 2 aliphatic rings. The van der Waals surface area contributed by atoms with Crippen molar-refractivity contribution >= 4 is 10.0 Å². The molecule has 3 heterocycles. The number of aromatic amines is 1. The molecule has 2 aliphatic heterocycles. The zero-order valence-corrected chi connectivity index (χ0v) is 15.6. The fraction of sp³-hybridized carbons (Fsp3) is 0.812. The Labute approximate surface area is 144 Å². The molecular weight excluding hydrogens is 328 g/mol. The number of nitrogens with zero attached hydrogens (tertiary/aromatic N) is 3. The van der Waals surface area contributed by atoms with Gasteiger partial charge in [-0.1, -0.05) is 6.92 Å². The molecule has 0 aliphatic carbocycles. The van der Waals surface area contributed by atoms with E-state index in [1.54, 1.807) is 0 Å². The molecular formula is C16H28N4O3S. The average molecular weight is 356 g/mol. The van der Waals surface area contributed by atoms with Crippen LogP contribution in [-0.4, -0.2) is 70.2 Å². The Morgan fingerprint density at radius 2 is 2.12 bits per heavy atom. The van der Waals surface area contributed by atoms with E-state index in [-0.39, 0.29) is 0 Å². The quantitative estimate of drug-likeness (QED) is 0.826. The van der Waals surface area contributed by atoms with Gasteiger partial charge >= 0.3 is 0 Å². The van der Waals surface area contributed by atoms with Gasteiger partial charge in [0, 0.05) is 38.3 Å². The number of hydrogen-bond donors (Lipinski definition) is 2. The van der Waals surface area contributed by atoms with Crippen molar-refractivity contribution in [2.24, 2.45) is 0 Å². The normalized spacial score (nSPS) is 29.6. The van der Waals surface area contributed by atoms with Crippen LogP contribution in [-0.2, 0) is 23.0 Å². The number of aliphatic hydroxyl groups excluding tert-OH is 1. The zero-order chi connectivity index (χ0) is 17.5. The molecule has 0 radical (unpaired) electrons. The predicted octanol–water partition coefficient (Wildman–Crippen LogP) is 0.641. The Morgan fingerprint density at radius 1 is 1.38 bits per heavy atom. The van der Waals surface area contributed by atoms with Gasteiger partial charge in [-0.3, -0.25) is 4.90 Å². The molecule has 0 amide bonds. The van der Waals surface area contributed by atoms with E-state index < -0.39 is 21.7 Å². The van der Waals surface area contributed by atoms with Gasteiger partial charge < -0.3 is 10.1 Å². The summed E-state index contributed by atoms with van der Waals surface area (Å²) in [5.74, 6) is 0.982. The van der Waals surface area contributed by atoms with Gasteiger partial charge in [-0.05, 0) is 26.2 Å². The van der Waals surface area contributed by atoms with Crippen LogP contribution >= 0.6 is 0 Å². The number of β-amino-alcohol motifs (C(OH)–C–C–N with tert-alkyl or cyclic N) is 1. The van der Waals surface area contributed by atoms with Crippen molar-refractivity contribution in [2.75, 3.05) is 25.9 Å². The smallest absolute Gasteiger partial charge is 0.211 e. The fourth-order valence-corrected chi connectivity index (χ4v) is 5.64. The maximum absolute atomic E-state index is 12.1. The number of H-pyrrole nitrogens is 1. The van der Waals surface area contributed by atoms with Crippen molar-refractivity contribution < 1.29 is 13.5 Å². The number of hydrogen-bond acceptors (Lipinski definition) is 5. The maximum Gasteiger partial charge on any atom is 0.211 e. The summed E-state index contributed by atoms with van der Waals surface area (Å²) < 4.78 is 25.7. The van der Waals surface area contributed by atoms with Crippen LogP contribution < -0.4 is 0 Å². The molecule has 1 aromatic heterocycles. The molecule has 0 aromatic carbocycles. The number of aryl methyl sites for hydroxylation is 2. The first-order chi connectivity index (χ1) is 11.3. The molecule has 1 aromatic rings. The van der Waals surface area contributed by atoms with Gasteiger partial charge in [0.2, 0.25) is 10.0 Å². The van der Waals surface area contributed by atoms with Crippen molar-refractivity contribution in [3.05, 3.63) is 17.2 Å². The lowest BCUT2D eigenvalue weighted by Crippen LogP contribution is -2.62. The van der Waals surface area contributed by atoms with E-state index in [4.69, 9.17) is 0 Å². The van der Waals surface area contributed by atoms with Gasteiger partial charge in [0.05, 0.1) is 23.6 Å². The first-order valence-corrected chi connectivity index (χ1v) is 10.5. The van der Waals surface area contributed by atoms with Gasteiger partial charge in [-0.2, -0.15) is 4.31 Å². The van der Waals surface area contributed by atoms with Crippen LogP contribution in [0.25, 0.3) is 0 Å². The molecule has 2 atom stereocenters. The van der Waals surface area contributed by atoms with E-state index >= 15 is 0 Å². The monoisotopic (exact) mass is 356 g/mol. The summed E-state index contributed by atoms with van der Waals surface area (Å²) in [4.78, 5) is 10.1. The molecule has 3 rings (SSSR count). The van der Waals surface area contributed by atoms with Gasteiger partial charge in [-0.25, -0.2) is 13.4 Å². The Balaban J connectivity index is 1.72. The lowest BCUT2D eigenvalue weighted by atomic mass is 9.83. The fourth-order valence-electron chi connectivity index (χ4n) is 4.22. The number of likely N-dealkylation sites (tertiary alicyclic amines) is 1. The topological polar surface area (TPSA) is 89.5 Å². The summed E-state index contributed by atoms with van der Waals surface area (Å²) in [6, 6.07) is 0. The van der Waals surface area contributed by atoms with Crippen molar-refractivity contribution in [2.45, 2.75) is 57.7 Å². The van der Waals surface area contributed by atoms with Gasteiger partial charge in [0.1, 0.15) is 5.82 Å². The van der Waals surface area contributed by atoms with E-state index in [9.17, 15) is 13.5 Å². The van der Waals surface area contributed by atoms with Crippen LogP contribution in [0.15, 0.2) is 0 Å². The molecule has 2 saturated heterocycles. The third-order valence-corrected chi connectivity index (χ3v) is 6.87. The SMILES string of the molecule is CCc1nc(CN2CC[C@@]3(CCCN3S(C)(=O)=O)[C@@H](O)C2)c(C)[nH]1. The highest BCUT2D eigenvalue weighted by molar-refractivity contribution is 7.88.